The first-order chi connectivity index (χ1) is 5.04. The number of carboxylic acids is 1. The standard InChI is InChI=1S/C3H6O2.C3H6OS2/c1-2-3(4)5;4-3(6)1-2-5/h2H2,1H3,(H,4,5);5H,1-2H2,(H,4,6). The smallest absolute Gasteiger partial charge is 0.303 e. The SMILES string of the molecule is CCC(=O)O.O=C(S)CCS. The Bertz CT molecular complexity index is 125. The first-order valence-electron chi connectivity index (χ1n) is 3.09. The van der Waals surface area contributed by atoms with Crippen LogP contribution < -0.4 is 0 Å². The number of thiol groups is 2. The lowest BCUT2D eigenvalue weighted by atomic mass is 10.5. The summed E-state index contributed by atoms with van der Waals surface area (Å²) in [6.45, 7) is 1.60. The second-order valence-corrected chi connectivity index (χ2v) is 2.56. The van der Waals surface area contributed by atoms with Crippen LogP contribution in [0, 0.1) is 0 Å². The molecule has 0 aromatic rings. The van der Waals surface area contributed by atoms with E-state index in [-0.39, 0.29) is 11.5 Å². The molecule has 3 nitrogen and oxygen atoms in total. The summed E-state index contributed by atoms with van der Waals surface area (Å²) in [4.78, 5) is 19.2. The number of hydrogen-bond donors (Lipinski definition) is 3. The molecule has 1 N–H and O–H groups in total. The van der Waals surface area contributed by atoms with Crippen LogP contribution in [0.3, 0.4) is 0 Å². The molecule has 0 aromatic carbocycles. The zero-order valence-corrected chi connectivity index (χ0v) is 8.07. The lowest BCUT2D eigenvalue weighted by molar-refractivity contribution is -0.136. The molecule has 0 spiro atoms. The van der Waals surface area contributed by atoms with Crippen LogP contribution in [0.1, 0.15) is 19.8 Å². The first kappa shape index (κ1) is 13.4. The molecule has 5 heteroatoms. The summed E-state index contributed by atoms with van der Waals surface area (Å²) >= 11 is 7.28. The molecule has 0 aliphatic rings. The van der Waals surface area contributed by atoms with E-state index in [1.807, 2.05) is 0 Å². The molecule has 66 valence electrons. The van der Waals surface area contributed by atoms with Crippen molar-refractivity contribution in [1.29, 1.82) is 0 Å². The van der Waals surface area contributed by atoms with Gasteiger partial charge in [-0.25, -0.2) is 0 Å². The fraction of sp³-hybridized carbons (Fsp3) is 0.667. The van der Waals surface area contributed by atoms with E-state index >= 15 is 0 Å². The third-order valence-corrected chi connectivity index (χ3v) is 1.08. The Balaban J connectivity index is 0. The van der Waals surface area contributed by atoms with Crippen LogP contribution in [-0.4, -0.2) is 21.9 Å². The van der Waals surface area contributed by atoms with E-state index in [0.29, 0.717) is 12.2 Å². The van der Waals surface area contributed by atoms with Gasteiger partial charge >= 0.3 is 5.97 Å². The maximum Gasteiger partial charge on any atom is 0.303 e. The van der Waals surface area contributed by atoms with Gasteiger partial charge in [0.05, 0.1) is 0 Å². The lowest BCUT2D eigenvalue weighted by Crippen LogP contribution is -1.86. The maximum absolute atomic E-state index is 9.86. The van der Waals surface area contributed by atoms with Crippen molar-refractivity contribution in [3.8, 4) is 0 Å². The summed E-state index contributed by atoms with van der Waals surface area (Å²) in [6.07, 6.45) is 0.687. The molecular formula is C6H12O3S2. The maximum atomic E-state index is 9.86. The highest BCUT2D eigenvalue weighted by Gasteiger charge is 1.85. The van der Waals surface area contributed by atoms with Gasteiger partial charge in [0.2, 0.25) is 0 Å². The van der Waals surface area contributed by atoms with Crippen molar-refractivity contribution in [2.24, 2.45) is 0 Å². The summed E-state index contributed by atoms with van der Waals surface area (Å²) < 4.78 is 0. The van der Waals surface area contributed by atoms with Gasteiger partial charge in [0.1, 0.15) is 0 Å². The Kier molecular flexibility index (Phi) is 12.0. The van der Waals surface area contributed by atoms with Crippen LogP contribution in [0.4, 0.5) is 0 Å². The van der Waals surface area contributed by atoms with Gasteiger partial charge in [-0.3, -0.25) is 9.59 Å². The van der Waals surface area contributed by atoms with Gasteiger partial charge in [-0.05, 0) is 5.75 Å². The number of carboxylic acid groups (broad SMARTS) is 1. The third-order valence-electron chi connectivity index (χ3n) is 0.628. The number of carbonyl (C=O) groups excluding carboxylic acids is 1. The number of aliphatic carboxylic acids is 1. The highest BCUT2D eigenvalue weighted by atomic mass is 32.1. The summed E-state index contributed by atoms with van der Waals surface area (Å²) in [7, 11) is 0. The van der Waals surface area contributed by atoms with Crippen molar-refractivity contribution in [1.82, 2.24) is 0 Å². The minimum Gasteiger partial charge on any atom is -0.481 e. The van der Waals surface area contributed by atoms with Crippen LogP contribution in [0.2, 0.25) is 0 Å². The molecule has 0 rings (SSSR count). The molecule has 0 fully saturated rings. The highest BCUT2D eigenvalue weighted by molar-refractivity contribution is 7.96. The summed E-state index contributed by atoms with van der Waals surface area (Å²) in [5.41, 5.74) is 0. The molecule has 0 aliphatic heterocycles. The lowest BCUT2D eigenvalue weighted by Gasteiger charge is -1.79. The van der Waals surface area contributed by atoms with Gasteiger partial charge in [0.25, 0.3) is 0 Å². The molecular weight excluding hydrogens is 184 g/mol. The van der Waals surface area contributed by atoms with Crippen LogP contribution in [0.25, 0.3) is 0 Å². The number of hydrogen-bond acceptors (Lipinski definition) is 3. The third kappa shape index (κ3) is 25.8. The number of rotatable bonds is 3. The van der Waals surface area contributed by atoms with Gasteiger partial charge in [0.15, 0.2) is 5.12 Å². The summed E-state index contributed by atoms with van der Waals surface area (Å²) in [5, 5.41) is 7.63. The van der Waals surface area contributed by atoms with Gasteiger partial charge in [-0.2, -0.15) is 12.6 Å². The second-order valence-electron chi connectivity index (χ2n) is 1.61. The van der Waals surface area contributed by atoms with Crippen molar-refractivity contribution in [3.63, 3.8) is 0 Å². The minimum atomic E-state index is -0.745. The Morgan fingerprint density at radius 3 is 1.82 bits per heavy atom. The normalized spacial score (nSPS) is 7.91. The van der Waals surface area contributed by atoms with Gasteiger partial charge in [-0.15, -0.1) is 12.6 Å². The Hall–Kier alpha value is -0.160. The van der Waals surface area contributed by atoms with Crippen molar-refractivity contribution < 1.29 is 14.7 Å². The molecule has 0 amide bonds. The molecule has 0 heterocycles. The molecule has 0 saturated heterocycles. The first-order valence-corrected chi connectivity index (χ1v) is 4.17. The quantitative estimate of drug-likeness (QED) is 0.595. The minimum absolute atomic E-state index is 0.0926. The summed E-state index contributed by atoms with van der Waals surface area (Å²) in [5.74, 6) is -0.146. The topological polar surface area (TPSA) is 54.4 Å². The van der Waals surface area contributed by atoms with Crippen LogP contribution >= 0.6 is 25.3 Å². The Labute approximate surface area is 77.0 Å². The Morgan fingerprint density at radius 1 is 1.45 bits per heavy atom. The molecule has 0 radical (unpaired) electrons. The average Bonchev–Trinajstić information content (AvgIpc) is 1.89. The number of carbonyl (C=O) groups is 2. The molecule has 0 saturated carbocycles. The zero-order valence-electron chi connectivity index (χ0n) is 6.28. The monoisotopic (exact) mass is 196 g/mol. The molecule has 0 atom stereocenters. The predicted octanol–water partition coefficient (Wildman–Crippen LogP) is 1.24. The van der Waals surface area contributed by atoms with E-state index in [9.17, 15) is 9.59 Å². The van der Waals surface area contributed by atoms with E-state index in [1.165, 1.54) is 0 Å². The highest BCUT2D eigenvalue weighted by Crippen LogP contribution is 1.87. The molecule has 0 bridgehead atoms. The van der Waals surface area contributed by atoms with Crippen molar-refractivity contribution in [3.05, 3.63) is 0 Å². The van der Waals surface area contributed by atoms with Crippen molar-refractivity contribution in [2.75, 3.05) is 5.75 Å². The van der Waals surface area contributed by atoms with E-state index < -0.39 is 5.97 Å². The van der Waals surface area contributed by atoms with E-state index in [2.05, 4.69) is 25.3 Å². The van der Waals surface area contributed by atoms with E-state index in [0.717, 1.165) is 0 Å². The summed E-state index contributed by atoms with van der Waals surface area (Å²) in [6, 6.07) is 0. The van der Waals surface area contributed by atoms with E-state index in [1.54, 1.807) is 6.92 Å². The molecule has 0 aromatic heterocycles. The fourth-order valence-corrected chi connectivity index (χ4v) is 0.587. The molecule has 0 unspecified atom stereocenters. The average molecular weight is 196 g/mol. The second kappa shape index (κ2) is 9.84. The van der Waals surface area contributed by atoms with Gasteiger partial charge < -0.3 is 5.11 Å². The van der Waals surface area contributed by atoms with Crippen LogP contribution in [0.5, 0.6) is 0 Å². The van der Waals surface area contributed by atoms with Crippen LogP contribution in [0.15, 0.2) is 0 Å². The fourth-order valence-electron chi connectivity index (χ4n) is 0.0956. The van der Waals surface area contributed by atoms with E-state index in [4.69, 9.17) is 5.11 Å². The molecule has 11 heavy (non-hydrogen) atoms. The largest absolute Gasteiger partial charge is 0.481 e. The zero-order chi connectivity index (χ0) is 9.28. The van der Waals surface area contributed by atoms with Gasteiger partial charge in [0, 0.05) is 12.8 Å². The van der Waals surface area contributed by atoms with Gasteiger partial charge in [-0.1, -0.05) is 6.92 Å². The molecule has 0 aliphatic carbocycles. The van der Waals surface area contributed by atoms with Crippen molar-refractivity contribution in [2.45, 2.75) is 19.8 Å². The van der Waals surface area contributed by atoms with Crippen LogP contribution in [-0.2, 0) is 9.59 Å². The van der Waals surface area contributed by atoms with Crippen molar-refractivity contribution >= 4 is 36.3 Å². The Morgan fingerprint density at radius 2 is 1.82 bits per heavy atom. The predicted molar refractivity (Wildman–Crippen MR) is 50.4 cm³/mol.